The number of nitrogens with two attached hydrogens (primary N) is 1. The maximum absolute atomic E-state index is 6.61. The molecule has 0 unspecified atom stereocenters. The molecule has 3 heterocycles. The van der Waals surface area contributed by atoms with Crippen LogP contribution in [0.1, 0.15) is 51.6 Å². The standard InChI is InChI=1S/C33H36N5.CH4.Y/c1-4-37(3)20-23-10-14-26(15-11-23)38-21-28(31-29(34)18-19-35-33(31)38)27-16-12-25-13-17-30(36-32(25)22(27)2)24-8-6-5-7-9-24;;/h5-9,12,16-19,21,23,26H,4,10-11,14-15,20H2,1-3H3,(H2,34,35);1H4;/q-1;;. The predicted octanol–water partition coefficient (Wildman–Crippen LogP) is 7.93. The molecule has 3 aromatic heterocycles. The van der Waals surface area contributed by atoms with Gasteiger partial charge in [-0.2, -0.15) is 0 Å². The summed E-state index contributed by atoms with van der Waals surface area (Å²) in [7, 11) is 2.23. The van der Waals surface area contributed by atoms with E-state index < -0.39 is 0 Å². The van der Waals surface area contributed by atoms with Crippen molar-refractivity contribution in [3.05, 3.63) is 78.6 Å². The normalized spacial score (nSPS) is 17.1. The van der Waals surface area contributed by atoms with Crippen LogP contribution in [0.25, 0.3) is 44.3 Å². The molecule has 1 saturated carbocycles. The molecule has 0 spiro atoms. The van der Waals surface area contributed by atoms with Crippen LogP contribution in [0.3, 0.4) is 0 Å². The number of fused-ring (bicyclic) bond motifs is 2. The second kappa shape index (κ2) is 12.9. The van der Waals surface area contributed by atoms with Crippen LogP contribution in [0.4, 0.5) is 5.69 Å². The molecule has 0 saturated heterocycles. The molecular weight excluding hydrogens is 567 g/mol. The minimum atomic E-state index is 0. The number of rotatable bonds is 6. The van der Waals surface area contributed by atoms with Crippen molar-refractivity contribution in [3.63, 3.8) is 0 Å². The van der Waals surface area contributed by atoms with Gasteiger partial charge in [0.2, 0.25) is 0 Å². The van der Waals surface area contributed by atoms with E-state index in [1.165, 1.54) is 32.2 Å². The molecule has 1 aliphatic carbocycles. The molecule has 2 aromatic carbocycles. The van der Waals surface area contributed by atoms with Crippen molar-refractivity contribution in [1.29, 1.82) is 0 Å². The monoisotopic (exact) mass is 607 g/mol. The molecule has 40 heavy (non-hydrogen) atoms. The van der Waals surface area contributed by atoms with Crippen LogP contribution in [0.15, 0.2) is 67.0 Å². The smallest absolute Gasteiger partial charge is 0.142 e. The fraction of sp³-hybridized carbons (Fsp3) is 0.353. The predicted molar refractivity (Wildman–Crippen MR) is 165 cm³/mol. The van der Waals surface area contributed by atoms with Crippen LogP contribution >= 0.6 is 0 Å². The summed E-state index contributed by atoms with van der Waals surface area (Å²) in [6.07, 6.45) is 9.00. The van der Waals surface area contributed by atoms with Crippen LogP contribution in [-0.4, -0.2) is 39.6 Å². The van der Waals surface area contributed by atoms with E-state index in [0.29, 0.717) is 6.04 Å². The number of benzene rings is 2. The van der Waals surface area contributed by atoms with Crippen LogP contribution < -0.4 is 5.73 Å². The summed E-state index contributed by atoms with van der Waals surface area (Å²) in [5, 5.41) is 2.07. The molecule has 0 bridgehead atoms. The summed E-state index contributed by atoms with van der Waals surface area (Å²) in [5.41, 5.74) is 14.8. The second-order valence-electron chi connectivity index (χ2n) is 10.9. The van der Waals surface area contributed by atoms with Crippen molar-refractivity contribution in [3.8, 4) is 22.4 Å². The van der Waals surface area contributed by atoms with Crippen molar-refractivity contribution in [2.24, 2.45) is 5.92 Å². The van der Waals surface area contributed by atoms with E-state index in [4.69, 9.17) is 15.7 Å². The Morgan fingerprint density at radius 3 is 2.50 bits per heavy atom. The quantitative estimate of drug-likeness (QED) is 0.199. The number of hydrogen-bond acceptors (Lipinski definition) is 4. The minimum Gasteiger partial charge on any atom is -0.398 e. The molecule has 5 nitrogen and oxygen atoms in total. The summed E-state index contributed by atoms with van der Waals surface area (Å²) in [6.45, 7) is 6.70. The molecule has 1 fully saturated rings. The Hall–Kier alpha value is -2.60. The van der Waals surface area contributed by atoms with Gasteiger partial charge in [-0.05, 0) is 80.5 Å². The zero-order valence-electron chi connectivity index (χ0n) is 23.2. The van der Waals surface area contributed by atoms with E-state index in [1.54, 1.807) is 0 Å². The van der Waals surface area contributed by atoms with Crippen LogP contribution in [0, 0.1) is 18.9 Å². The Kier molecular flexibility index (Phi) is 9.82. The van der Waals surface area contributed by atoms with Crippen molar-refractivity contribution in [1.82, 2.24) is 19.4 Å². The molecule has 0 amide bonds. The number of anilines is 1. The Morgan fingerprint density at radius 2 is 1.77 bits per heavy atom. The Morgan fingerprint density at radius 1 is 1.02 bits per heavy atom. The van der Waals surface area contributed by atoms with Gasteiger partial charge in [0, 0.05) is 74.3 Å². The molecule has 6 rings (SSSR count). The largest absolute Gasteiger partial charge is 0.398 e. The molecule has 1 radical (unpaired) electrons. The first-order chi connectivity index (χ1) is 18.5. The van der Waals surface area contributed by atoms with Gasteiger partial charge in [0.15, 0.2) is 0 Å². The Balaban J connectivity index is 0.00000185. The third kappa shape index (κ3) is 5.75. The SMILES string of the molecule is C.CCN(C)CC1CCC(n2cc(-c3ccc4[c-]cc(-c5ccccc5)nc4c3C)c3c(N)ccnc32)CC1.[Y]. The van der Waals surface area contributed by atoms with Crippen LogP contribution in [0.5, 0.6) is 0 Å². The van der Waals surface area contributed by atoms with Gasteiger partial charge in [-0.15, -0.1) is 23.6 Å². The van der Waals surface area contributed by atoms with Crippen LogP contribution in [0.2, 0.25) is 0 Å². The van der Waals surface area contributed by atoms with Crippen molar-refractivity contribution >= 4 is 27.6 Å². The number of aryl methyl sites for hydroxylation is 1. The Labute approximate surface area is 264 Å². The third-order valence-corrected chi connectivity index (χ3v) is 8.45. The molecule has 205 valence electrons. The number of aromatic nitrogens is 3. The van der Waals surface area contributed by atoms with E-state index in [-0.39, 0.29) is 40.1 Å². The average molecular weight is 608 g/mol. The average Bonchev–Trinajstić information content (AvgIpc) is 3.34. The van der Waals surface area contributed by atoms with Gasteiger partial charge >= 0.3 is 0 Å². The Bertz CT molecular complexity index is 1590. The van der Waals surface area contributed by atoms with Gasteiger partial charge in [-0.25, -0.2) is 4.98 Å². The van der Waals surface area contributed by atoms with E-state index >= 15 is 0 Å². The number of nitrogens with zero attached hydrogens (tertiary/aromatic N) is 4. The van der Waals surface area contributed by atoms with Gasteiger partial charge in [0.25, 0.3) is 0 Å². The maximum Gasteiger partial charge on any atom is 0.142 e. The summed E-state index contributed by atoms with van der Waals surface area (Å²) in [5.74, 6) is 0.777. The van der Waals surface area contributed by atoms with Gasteiger partial charge in [0.05, 0.1) is 0 Å². The van der Waals surface area contributed by atoms with Gasteiger partial charge in [-0.1, -0.05) is 56.3 Å². The fourth-order valence-electron chi connectivity index (χ4n) is 6.17. The molecule has 5 aromatic rings. The molecule has 2 N–H and O–H groups in total. The third-order valence-electron chi connectivity index (χ3n) is 8.45. The zero-order chi connectivity index (χ0) is 26.2. The topological polar surface area (TPSA) is 60.0 Å². The van der Waals surface area contributed by atoms with E-state index in [1.807, 2.05) is 36.5 Å². The van der Waals surface area contributed by atoms with Crippen LogP contribution in [-0.2, 0) is 32.7 Å². The van der Waals surface area contributed by atoms with Gasteiger partial charge in [-0.3, -0.25) is 0 Å². The molecule has 1 aliphatic rings. The van der Waals surface area contributed by atoms with Crippen molar-refractivity contribution in [2.75, 3.05) is 25.9 Å². The summed E-state index contributed by atoms with van der Waals surface area (Å²) < 4.78 is 2.41. The molecular formula is C34H40N5Y-. The van der Waals surface area contributed by atoms with Gasteiger partial charge in [0.1, 0.15) is 5.65 Å². The van der Waals surface area contributed by atoms with Gasteiger partial charge < -0.3 is 20.2 Å². The van der Waals surface area contributed by atoms with Crippen molar-refractivity contribution < 1.29 is 32.7 Å². The first-order valence-electron chi connectivity index (χ1n) is 13.8. The zero-order valence-corrected chi connectivity index (χ0v) is 26.0. The molecule has 0 atom stereocenters. The molecule has 0 aliphatic heterocycles. The minimum absolute atomic E-state index is 0. The molecule has 6 heteroatoms. The van der Waals surface area contributed by atoms with Crippen molar-refractivity contribution in [2.45, 2.75) is 53.0 Å². The first-order valence-corrected chi connectivity index (χ1v) is 13.8. The van der Waals surface area contributed by atoms with E-state index in [9.17, 15) is 0 Å². The summed E-state index contributed by atoms with van der Waals surface area (Å²) in [4.78, 5) is 12.4. The first kappa shape index (κ1) is 30.4. The second-order valence-corrected chi connectivity index (χ2v) is 10.9. The number of pyridine rings is 2. The summed E-state index contributed by atoms with van der Waals surface area (Å²) in [6, 6.07) is 22.4. The van der Waals surface area contributed by atoms with E-state index in [0.717, 1.165) is 68.0 Å². The number of hydrogen-bond donors (Lipinski definition) is 1. The number of nitrogen functional groups attached to an aromatic ring is 1. The summed E-state index contributed by atoms with van der Waals surface area (Å²) >= 11 is 0. The fourth-order valence-corrected chi connectivity index (χ4v) is 6.17. The van der Waals surface area contributed by atoms with E-state index in [2.05, 4.69) is 66.9 Å². The maximum atomic E-state index is 6.61.